The Balaban J connectivity index is 2.23. The Morgan fingerprint density at radius 3 is 2.67 bits per heavy atom. The molecule has 0 aromatic carbocycles. The van der Waals surface area contributed by atoms with Gasteiger partial charge in [-0.05, 0) is 6.92 Å². The van der Waals surface area contributed by atoms with Crippen LogP contribution in [0, 0.1) is 0 Å². The zero-order valence-corrected chi connectivity index (χ0v) is 5.67. The molecule has 0 radical (unpaired) electrons. The van der Waals surface area contributed by atoms with Gasteiger partial charge >= 0.3 is 0 Å². The van der Waals surface area contributed by atoms with Gasteiger partial charge in [-0.1, -0.05) is 0 Å². The van der Waals surface area contributed by atoms with Crippen molar-refractivity contribution in [2.24, 2.45) is 5.73 Å². The fraction of sp³-hybridized carbons (Fsp3) is 1.00. The molecule has 0 aromatic rings. The first-order valence-corrected chi connectivity index (χ1v) is 3.25. The Hall–Kier alpha value is -0.120. The molecule has 3 nitrogen and oxygen atoms in total. The third-order valence-electron chi connectivity index (χ3n) is 1.43. The second kappa shape index (κ2) is 3.15. The van der Waals surface area contributed by atoms with Crippen molar-refractivity contribution in [1.82, 2.24) is 0 Å². The van der Waals surface area contributed by atoms with Gasteiger partial charge < -0.3 is 15.2 Å². The highest BCUT2D eigenvalue weighted by atomic mass is 16.6. The van der Waals surface area contributed by atoms with Gasteiger partial charge in [0.2, 0.25) is 0 Å². The number of rotatable bonds is 1. The van der Waals surface area contributed by atoms with Gasteiger partial charge in [0.15, 0.2) is 0 Å². The van der Waals surface area contributed by atoms with Crippen LogP contribution >= 0.6 is 0 Å². The third kappa shape index (κ3) is 1.93. The molecule has 1 saturated heterocycles. The van der Waals surface area contributed by atoms with Crippen LogP contribution < -0.4 is 5.73 Å². The zero-order valence-electron chi connectivity index (χ0n) is 5.67. The smallest absolute Gasteiger partial charge is 0.0957 e. The van der Waals surface area contributed by atoms with Crippen LogP contribution in [0.2, 0.25) is 0 Å². The average molecular weight is 131 g/mol. The van der Waals surface area contributed by atoms with Gasteiger partial charge in [-0.25, -0.2) is 0 Å². The van der Waals surface area contributed by atoms with Crippen molar-refractivity contribution in [3.05, 3.63) is 0 Å². The molecule has 1 aliphatic rings. The van der Waals surface area contributed by atoms with E-state index >= 15 is 0 Å². The summed E-state index contributed by atoms with van der Waals surface area (Å²) < 4.78 is 10.4. The number of hydrogen-bond donors (Lipinski definition) is 1. The minimum absolute atomic E-state index is 0.0882. The van der Waals surface area contributed by atoms with E-state index in [-0.39, 0.29) is 12.1 Å². The van der Waals surface area contributed by atoms with Gasteiger partial charge in [0, 0.05) is 6.04 Å². The molecule has 0 spiro atoms. The lowest BCUT2D eigenvalue weighted by molar-refractivity contribution is -0.0948. The van der Waals surface area contributed by atoms with E-state index in [1.54, 1.807) is 0 Å². The fourth-order valence-electron chi connectivity index (χ4n) is 0.810. The molecule has 54 valence electrons. The SMILES string of the molecule is C[C@@H](N)[C@@H]1COCCO1. The predicted molar refractivity (Wildman–Crippen MR) is 34.2 cm³/mol. The van der Waals surface area contributed by atoms with Crippen molar-refractivity contribution >= 4 is 0 Å². The Kier molecular flexibility index (Phi) is 2.45. The van der Waals surface area contributed by atoms with Crippen LogP contribution in [0.5, 0.6) is 0 Å². The summed E-state index contributed by atoms with van der Waals surface area (Å²) in [5.41, 5.74) is 5.56. The second-order valence-electron chi connectivity index (χ2n) is 2.34. The molecular formula is C6H13NO2. The predicted octanol–water partition coefficient (Wildman–Crippen LogP) is -0.251. The number of nitrogens with two attached hydrogens (primary N) is 1. The van der Waals surface area contributed by atoms with Gasteiger partial charge in [0.25, 0.3) is 0 Å². The Labute approximate surface area is 55.1 Å². The Bertz CT molecular complexity index is 79.1. The van der Waals surface area contributed by atoms with Gasteiger partial charge in [-0.15, -0.1) is 0 Å². The molecule has 1 rings (SSSR count). The molecule has 0 aliphatic carbocycles. The molecule has 2 N–H and O–H groups in total. The summed E-state index contributed by atoms with van der Waals surface area (Å²) in [6.45, 7) is 3.98. The number of ether oxygens (including phenoxy) is 2. The van der Waals surface area contributed by atoms with E-state index in [1.165, 1.54) is 0 Å². The monoisotopic (exact) mass is 131 g/mol. The maximum absolute atomic E-state index is 5.56. The van der Waals surface area contributed by atoms with Gasteiger partial charge in [-0.2, -0.15) is 0 Å². The molecule has 2 atom stereocenters. The Morgan fingerprint density at radius 1 is 1.56 bits per heavy atom. The van der Waals surface area contributed by atoms with E-state index in [0.717, 1.165) is 0 Å². The van der Waals surface area contributed by atoms with Crippen molar-refractivity contribution in [3.63, 3.8) is 0 Å². The van der Waals surface area contributed by atoms with E-state index in [9.17, 15) is 0 Å². The highest BCUT2D eigenvalue weighted by molar-refractivity contribution is 4.69. The Morgan fingerprint density at radius 2 is 2.33 bits per heavy atom. The lowest BCUT2D eigenvalue weighted by Crippen LogP contribution is -2.41. The molecule has 0 aromatic heterocycles. The molecule has 0 unspecified atom stereocenters. The fourth-order valence-corrected chi connectivity index (χ4v) is 0.810. The van der Waals surface area contributed by atoms with Gasteiger partial charge in [-0.3, -0.25) is 0 Å². The first-order valence-electron chi connectivity index (χ1n) is 3.25. The summed E-state index contributed by atoms with van der Waals surface area (Å²) in [4.78, 5) is 0. The van der Waals surface area contributed by atoms with Crippen LogP contribution in [-0.2, 0) is 9.47 Å². The van der Waals surface area contributed by atoms with E-state index in [2.05, 4.69) is 0 Å². The molecule has 0 saturated carbocycles. The second-order valence-corrected chi connectivity index (χ2v) is 2.34. The molecular weight excluding hydrogens is 118 g/mol. The topological polar surface area (TPSA) is 44.5 Å². The van der Waals surface area contributed by atoms with Crippen molar-refractivity contribution in [3.8, 4) is 0 Å². The van der Waals surface area contributed by atoms with E-state index in [0.29, 0.717) is 19.8 Å². The summed E-state index contributed by atoms with van der Waals surface area (Å²) in [6, 6.07) is 0.0882. The lowest BCUT2D eigenvalue weighted by Gasteiger charge is -2.25. The zero-order chi connectivity index (χ0) is 6.69. The first kappa shape index (κ1) is 6.99. The third-order valence-corrected chi connectivity index (χ3v) is 1.43. The standard InChI is InChI=1S/C6H13NO2/c1-5(7)6-4-8-2-3-9-6/h5-6H,2-4,7H2,1H3/t5-,6+/m1/s1. The van der Waals surface area contributed by atoms with Crippen LogP contribution in [0.4, 0.5) is 0 Å². The van der Waals surface area contributed by atoms with E-state index in [1.807, 2.05) is 6.92 Å². The van der Waals surface area contributed by atoms with E-state index < -0.39 is 0 Å². The van der Waals surface area contributed by atoms with Crippen molar-refractivity contribution in [1.29, 1.82) is 0 Å². The maximum atomic E-state index is 5.56. The van der Waals surface area contributed by atoms with E-state index in [4.69, 9.17) is 15.2 Å². The molecule has 1 aliphatic heterocycles. The van der Waals surface area contributed by atoms with Crippen LogP contribution in [-0.4, -0.2) is 32.0 Å². The molecule has 0 bridgehead atoms. The molecule has 3 heteroatoms. The first-order chi connectivity index (χ1) is 4.30. The van der Waals surface area contributed by atoms with Crippen molar-refractivity contribution in [2.75, 3.05) is 19.8 Å². The van der Waals surface area contributed by atoms with Gasteiger partial charge in [0.05, 0.1) is 25.9 Å². The summed E-state index contributed by atoms with van der Waals surface area (Å²) in [7, 11) is 0. The van der Waals surface area contributed by atoms with Crippen LogP contribution in [0.25, 0.3) is 0 Å². The quantitative estimate of drug-likeness (QED) is 0.533. The molecule has 1 heterocycles. The van der Waals surface area contributed by atoms with Crippen LogP contribution in [0.15, 0.2) is 0 Å². The largest absolute Gasteiger partial charge is 0.376 e. The highest BCUT2D eigenvalue weighted by Crippen LogP contribution is 2.02. The summed E-state index contributed by atoms with van der Waals surface area (Å²) >= 11 is 0. The summed E-state index contributed by atoms with van der Waals surface area (Å²) in [6.07, 6.45) is 0.110. The molecule has 9 heavy (non-hydrogen) atoms. The van der Waals surface area contributed by atoms with Gasteiger partial charge in [0.1, 0.15) is 0 Å². The van der Waals surface area contributed by atoms with Crippen LogP contribution in [0.3, 0.4) is 0 Å². The highest BCUT2D eigenvalue weighted by Gasteiger charge is 2.17. The van der Waals surface area contributed by atoms with Crippen molar-refractivity contribution < 1.29 is 9.47 Å². The molecule has 1 fully saturated rings. The summed E-state index contributed by atoms with van der Waals surface area (Å²) in [5.74, 6) is 0. The average Bonchev–Trinajstić information content (AvgIpc) is 1.90. The van der Waals surface area contributed by atoms with Crippen LogP contribution in [0.1, 0.15) is 6.92 Å². The minimum Gasteiger partial charge on any atom is -0.376 e. The minimum atomic E-state index is 0.0882. The normalized spacial score (nSPS) is 32.0. The van der Waals surface area contributed by atoms with Crippen molar-refractivity contribution in [2.45, 2.75) is 19.1 Å². The summed E-state index contributed by atoms with van der Waals surface area (Å²) in [5, 5.41) is 0. The lowest BCUT2D eigenvalue weighted by atomic mass is 10.2. The maximum Gasteiger partial charge on any atom is 0.0957 e. The molecule has 0 amide bonds. The number of hydrogen-bond acceptors (Lipinski definition) is 3.